The summed E-state index contributed by atoms with van der Waals surface area (Å²) in [5.41, 5.74) is -0.701. The van der Waals surface area contributed by atoms with Gasteiger partial charge in [-0.2, -0.15) is 0 Å². The third-order valence-corrected chi connectivity index (χ3v) is 2.21. The Labute approximate surface area is 117 Å². The number of alkyl carbamates (subject to hydrolysis) is 1. The van der Waals surface area contributed by atoms with E-state index in [1.807, 2.05) is 0 Å². The summed E-state index contributed by atoms with van der Waals surface area (Å²) < 4.78 is 5.00. The minimum absolute atomic E-state index is 0.253. The van der Waals surface area contributed by atoms with Crippen molar-refractivity contribution in [3.8, 4) is 0 Å². The number of nitrogens with one attached hydrogen (secondary N) is 2. The van der Waals surface area contributed by atoms with Crippen molar-refractivity contribution in [2.75, 3.05) is 6.61 Å². The van der Waals surface area contributed by atoms with Crippen LogP contribution < -0.4 is 10.6 Å². The SMILES string of the molecule is CC[C@@H](NC(=O)OC(C)(C)C)C(=O)N[C@@H](CO)C(=O)O. The number of hydrogen-bond donors (Lipinski definition) is 4. The molecular formula is C12H22N2O6. The second kappa shape index (κ2) is 7.68. The second-order valence-corrected chi connectivity index (χ2v) is 5.19. The van der Waals surface area contributed by atoms with Crippen LogP contribution >= 0.6 is 0 Å². The van der Waals surface area contributed by atoms with Crippen molar-refractivity contribution in [2.24, 2.45) is 0 Å². The lowest BCUT2D eigenvalue weighted by atomic mass is 10.2. The summed E-state index contributed by atoms with van der Waals surface area (Å²) in [6.07, 6.45) is -0.515. The summed E-state index contributed by atoms with van der Waals surface area (Å²) >= 11 is 0. The van der Waals surface area contributed by atoms with Crippen LogP contribution in [0, 0.1) is 0 Å². The van der Waals surface area contributed by atoms with Gasteiger partial charge in [0.2, 0.25) is 5.91 Å². The van der Waals surface area contributed by atoms with Crippen LogP contribution in [0.2, 0.25) is 0 Å². The molecule has 0 aliphatic heterocycles. The minimum Gasteiger partial charge on any atom is -0.480 e. The number of hydrogen-bond acceptors (Lipinski definition) is 5. The van der Waals surface area contributed by atoms with Gasteiger partial charge in [-0.15, -0.1) is 0 Å². The highest BCUT2D eigenvalue weighted by molar-refractivity contribution is 5.89. The average Bonchev–Trinajstić information content (AvgIpc) is 2.29. The van der Waals surface area contributed by atoms with Gasteiger partial charge < -0.3 is 25.6 Å². The van der Waals surface area contributed by atoms with Gasteiger partial charge in [0.05, 0.1) is 6.61 Å². The molecule has 0 aromatic carbocycles. The quantitative estimate of drug-likeness (QED) is 0.539. The summed E-state index contributed by atoms with van der Waals surface area (Å²) in [6.45, 7) is 5.96. The lowest BCUT2D eigenvalue weighted by molar-refractivity contribution is -0.143. The molecule has 0 aromatic rings. The van der Waals surface area contributed by atoms with Crippen LogP contribution in [0.4, 0.5) is 4.79 Å². The van der Waals surface area contributed by atoms with E-state index in [-0.39, 0.29) is 6.42 Å². The Kier molecular flexibility index (Phi) is 6.98. The standard InChI is InChI=1S/C12H22N2O6/c1-5-7(14-11(19)20-12(2,3)4)9(16)13-8(6-15)10(17)18/h7-8,15H,5-6H2,1-4H3,(H,13,16)(H,14,19)(H,17,18)/t7-,8+/m1/s1. The van der Waals surface area contributed by atoms with E-state index in [9.17, 15) is 14.4 Å². The Bertz CT molecular complexity index is 363. The molecule has 0 fully saturated rings. The van der Waals surface area contributed by atoms with Crippen molar-refractivity contribution in [1.82, 2.24) is 10.6 Å². The van der Waals surface area contributed by atoms with Crippen molar-refractivity contribution < 1.29 is 29.3 Å². The summed E-state index contributed by atoms with van der Waals surface area (Å²) in [5, 5.41) is 22.0. The number of amides is 2. The molecule has 2 atom stereocenters. The highest BCUT2D eigenvalue weighted by atomic mass is 16.6. The van der Waals surface area contributed by atoms with Gasteiger partial charge in [-0.05, 0) is 27.2 Å². The summed E-state index contributed by atoms with van der Waals surface area (Å²) in [4.78, 5) is 34.0. The molecule has 0 saturated carbocycles. The van der Waals surface area contributed by atoms with Gasteiger partial charge in [0.25, 0.3) is 0 Å². The van der Waals surface area contributed by atoms with Crippen LogP contribution in [-0.4, -0.2) is 52.5 Å². The number of carbonyl (C=O) groups is 3. The number of aliphatic carboxylic acids is 1. The Morgan fingerprint density at radius 1 is 1.15 bits per heavy atom. The largest absolute Gasteiger partial charge is 0.480 e. The van der Waals surface area contributed by atoms with Crippen LogP contribution in [0.5, 0.6) is 0 Å². The molecule has 0 spiro atoms. The molecular weight excluding hydrogens is 268 g/mol. The molecule has 0 aliphatic carbocycles. The Hall–Kier alpha value is -1.83. The number of ether oxygens (including phenoxy) is 1. The Morgan fingerprint density at radius 3 is 2.05 bits per heavy atom. The third-order valence-electron chi connectivity index (χ3n) is 2.21. The van der Waals surface area contributed by atoms with E-state index in [0.717, 1.165) is 0 Å². The van der Waals surface area contributed by atoms with Crippen LogP contribution in [0.15, 0.2) is 0 Å². The van der Waals surface area contributed by atoms with Gasteiger partial charge in [0.15, 0.2) is 0 Å². The van der Waals surface area contributed by atoms with Crippen molar-refractivity contribution in [1.29, 1.82) is 0 Å². The zero-order valence-electron chi connectivity index (χ0n) is 12.1. The first kappa shape index (κ1) is 18.2. The van der Waals surface area contributed by atoms with Crippen molar-refractivity contribution in [3.05, 3.63) is 0 Å². The van der Waals surface area contributed by atoms with Crippen LogP contribution in [0.1, 0.15) is 34.1 Å². The molecule has 0 saturated heterocycles. The molecule has 8 heteroatoms. The van der Waals surface area contributed by atoms with E-state index in [4.69, 9.17) is 14.9 Å². The summed E-state index contributed by atoms with van der Waals surface area (Å²) in [6, 6.07) is -2.34. The van der Waals surface area contributed by atoms with E-state index in [1.54, 1.807) is 27.7 Å². The first-order valence-corrected chi connectivity index (χ1v) is 6.24. The molecule has 20 heavy (non-hydrogen) atoms. The van der Waals surface area contributed by atoms with Crippen molar-refractivity contribution in [3.63, 3.8) is 0 Å². The van der Waals surface area contributed by atoms with E-state index in [2.05, 4.69) is 10.6 Å². The third kappa shape index (κ3) is 6.93. The molecule has 0 bridgehead atoms. The minimum atomic E-state index is -1.41. The predicted octanol–water partition coefficient (Wildman–Crippen LogP) is -0.149. The van der Waals surface area contributed by atoms with Gasteiger partial charge in [0, 0.05) is 0 Å². The lowest BCUT2D eigenvalue weighted by Gasteiger charge is -2.23. The first-order valence-electron chi connectivity index (χ1n) is 6.24. The lowest BCUT2D eigenvalue weighted by Crippen LogP contribution is -2.53. The molecule has 0 rings (SSSR count). The molecule has 2 amide bonds. The van der Waals surface area contributed by atoms with E-state index >= 15 is 0 Å². The average molecular weight is 290 g/mol. The maximum atomic E-state index is 11.8. The predicted molar refractivity (Wildman–Crippen MR) is 70.1 cm³/mol. The first-order chi connectivity index (χ1) is 9.10. The monoisotopic (exact) mass is 290 g/mol. The van der Waals surface area contributed by atoms with E-state index in [0.29, 0.717) is 0 Å². The Balaban J connectivity index is 4.56. The molecule has 4 N–H and O–H groups in total. The zero-order chi connectivity index (χ0) is 15.9. The summed E-state index contributed by atoms with van der Waals surface area (Å²) in [5.74, 6) is -2.05. The normalized spacial score (nSPS) is 14.1. The van der Waals surface area contributed by atoms with Gasteiger partial charge in [0.1, 0.15) is 17.7 Å². The fourth-order valence-corrected chi connectivity index (χ4v) is 1.26. The highest BCUT2D eigenvalue weighted by Crippen LogP contribution is 2.07. The fourth-order valence-electron chi connectivity index (χ4n) is 1.26. The molecule has 0 aliphatic rings. The van der Waals surface area contributed by atoms with Gasteiger partial charge >= 0.3 is 12.1 Å². The maximum Gasteiger partial charge on any atom is 0.408 e. The van der Waals surface area contributed by atoms with Gasteiger partial charge in [-0.25, -0.2) is 9.59 Å². The molecule has 0 radical (unpaired) electrons. The van der Waals surface area contributed by atoms with Gasteiger partial charge in [-0.3, -0.25) is 4.79 Å². The number of rotatable bonds is 6. The van der Waals surface area contributed by atoms with Crippen molar-refractivity contribution in [2.45, 2.75) is 51.8 Å². The molecule has 8 nitrogen and oxygen atoms in total. The fraction of sp³-hybridized carbons (Fsp3) is 0.750. The number of carboxylic acid groups (broad SMARTS) is 1. The zero-order valence-corrected chi connectivity index (χ0v) is 12.1. The van der Waals surface area contributed by atoms with E-state index < -0.39 is 42.3 Å². The summed E-state index contributed by atoms with van der Waals surface area (Å²) in [7, 11) is 0. The smallest absolute Gasteiger partial charge is 0.408 e. The number of carboxylic acids is 1. The van der Waals surface area contributed by atoms with E-state index in [1.165, 1.54) is 0 Å². The highest BCUT2D eigenvalue weighted by Gasteiger charge is 2.26. The second-order valence-electron chi connectivity index (χ2n) is 5.19. The molecule has 0 unspecified atom stereocenters. The number of carbonyl (C=O) groups excluding carboxylic acids is 2. The maximum absolute atomic E-state index is 11.8. The molecule has 0 heterocycles. The van der Waals surface area contributed by atoms with Crippen LogP contribution in [0.3, 0.4) is 0 Å². The molecule has 0 aromatic heterocycles. The van der Waals surface area contributed by atoms with Crippen LogP contribution in [0.25, 0.3) is 0 Å². The Morgan fingerprint density at radius 2 is 1.70 bits per heavy atom. The van der Waals surface area contributed by atoms with Crippen LogP contribution in [-0.2, 0) is 14.3 Å². The number of aliphatic hydroxyl groups is 1. The van der Waals surface area contributed by atoms with Gasteiger partial charge in [-0.1, -0.05) is 6.92 Å². The molecule has 116 valence electrons. The van der Waals surface area contributed by atoms with Crippen molar-refractivity contribution >= 4 is 18.0 Å². The topological polar surface area (TPSA) is 125 Å². The number of aliphatic hydroxyl groups excluding tert-OH is 1.